The number of rotatable bonds is 40. The van der Waals surface area contributed by atoms with Gasteiger partial charge in [0.25, 0.3) is 0 Å². The molecule has 2 unspecified atom stereocenters. The molecule has 0 saturated heterocycles. The fraction of sp³-hybridized carbons (Fsp3) is 0.600. The van der Waals surface area contributed by atoms with Gasteiger partial charge in [0.15, 0.2) is 6.10 Å². The lowest BCUT2D eigenvalue weighted by Crippen LogP contribution is -2.29. The first-order chi connectivity index (χ1) is 28.8. The summed E-state index contributed by atoms with van der Waals surface area (Å²) in [6, 6.07) is 0. The predicted molar refractivity (Wildman–Crippen MR) is 248 cm³/mol. The molecule has 0 aromatic rings. The van der Waals surface area contributed by atoms with Crippen molar-refractivity contribution in [2.45, 2.75) is 174 Å². The second kappa shape index (κ2) is 44.3. The molecule has 0 aliphatic rings. The Kier molecular flexibility index (Phi) is 41.8. The molecule has 0 heterocycles. The molecule has 0 spiro atoms. The number of esters is 2. The number of phosphoric acid groups is 1. The molecule has 0 radical (unpaired) electrons. The number of hydrogen-bond donors (Lipinski definition) is 1. The number of phosphoric ester groups is 1. The Morgan fingerprint density at radius 2 is 0.814 bits per heavy atom. The summed E-state index contributed by atoms with van der Waals surface area (Å²) in [6.07, 6.45) is 61.4. The third-order valence-corrected chi connectivity index (χ3v) is 9.95. The number of hydrogen-bond acceptors (Lipinski definition) is 7. The van der Waals surface area contributed by atoms with E-state index in [0.29, 0.717) is 6.42 Å². The van der Waals surface area contributed by atoms with Crippen molar-refractivity contribution in [1.82, 2.24) is 0 Å². The van der Waals surface area contributed by atoms with Crippen molar-refractivity contribution in [2.75, 3.05) is 20.3 Å². The van der Waals surface area contributed by atoms with Gasteiger partial charge in [-0.1, -0.05) is 168 Å². The topological polar surface area (TPSA) is 108 Å². The van der Waals surface area contributed by atoms with Gasteiger partial charge in [0.05, 0.1) is 6.61 Å². The normalized spacial score (nSPS) is 14.3. The largest absolute Gasteiger partial charge is 0.472 e. The van der Waals surface area contributed by atoms with Crippen molar-refractivity contribution >= 4 is 19.8 Å². The lowest BCUT2D eigenvalue weighted by molar-refractivity contribution is -0.161. The summed E-state index contributed by atoms with van der Waals surface area (Å²) < 4.78 is 32.0. The number of ether oxygens (including phenoxy) is 2. The molecular formula is C50H81O8P. The van der Waals surface area contributed by atoms with Gasteiger partial charge in [0, 0.05) is 20.0 Å². The van der Waals surface area contributed by atoms with E-state index in [1.807, 2.05) is 0 Å². The van der Waals surface area contributed by atoms with Crippen molar-refractivity contribution < 1.29 is 37.6 Å². The summed E-state index contributed by atoms with van der Waals surface area (Å²) in [5.41, 5.74) is 0. The zero-order valence-electron chi connectivity index (χ0n) is 37.1. The van der Waals surface area contributed by atoms with E-state index in [4.69, 9.17) is 14.0 Å². The van der Waals surface area contributed by atoms with Crippen molar-refractivity contribution in [3.63, 3.8) is 0 Å². The van der Waals surface area contributed by atoms with Gasteiger partial charge < -0.3 is 14.4 Å². The van der Waals surface area contributed by atoms with Gasteiger partial charge in [-0.05, 0) is 96.3 Å². The zero-order chi connectivity index (χ0) is 43.2. The Morgan fingerprint density at radius 3 is 1.22 bits per heavy atom. The van der Waals surface area contributed by atoms with Gasteiger partial charge in [-0.3, -0.25) is 18.6 Å². The second-order valence-electron chi connectivity index (χ2n) is 14.4. The van der Waals surface area contributed by atoms with Gasteiger partial charge in [0.2, 0.25) is 0 Å². The average Bonchev–Trinajstić information content (AvgIpc) is 3.23. The Balaban J connectivity index is 4.07. The fourth-order valence-corrected chi connectivity index (χ4v) is 6.08. The van der Waals surface area contributed by atoms with Gasteiger partial charge >= 0.3 is 19.8 Å². The van der Waals surface area contributed by atoms with Gasteiger partial charge in [-0.15, -0.1) is 0 Å². The summed E-state index contributed by atoms with van der Waals surface area (Å²) in [6.45, 7) is 3.62. The molecule has 0 aromatic carbocycles. The van der Waals surface area contributed by atoms with Crippen LogP contribution in [0.1, 0.15) is 168 Å². The first-order valence-corrected chi connectivity index (χ1v) is 24.1. The van der Waals surface area contributed by atoms with Crippen LogP contribution in [0.15, 0.2) is 109 Å². The molecule has 59 heavy (non-hydrogen) atoms. The van der Waals surface area contributed by atoms with E-state index < -0.39 is 32.5 Å². The van der Waals surface area contributed by atoms with E-state index in [-0.39, 0.29) is 19.4 Å². The SMILES string of the molecule is CC/C=C\C/C=C\C/C=C\C/C=C\C/C=C\CCCCCC(=O)OC(COC(=O)CCCCCCCCCC/C=C\C/C=C\C/C=C\C/C=C\CC)COP(=O)(O)OC. The van der Waals surface area contributed by atoms with Gasteiger partial charge in [-0.25, -0.2) is 4.57 Å². The van der Waals surface area contributed by atoms with Crippen molar-refractivity contribution in [2.24, 2.45) is 0 Å². The molecule has 0 bridgehead atoms. The van der Waals surface area contributed by atoms with E-state index in [1.165, 1.54) is 25.7 Å². The Morgan fingerprint density at radius 1 is 0.475 bits per heavy atom. The van der Waals surface area contributed by atoms with Crippen molar-refractivity contribution in [3.05, 3.63) is 109 Å². The van der Waals surface area contributed by atoms with Crippen LogP contribution in [-0.2, 0) is 32.7 Å². The lowest BCUT2D eigenvalue weighted by atomic mass is 10.1. The third kappa shape index (κ3) is 44.1. The standard InChI is InChI=1S/C50H81O8P/c1-4-6-8-10-12-14-16-18-20-22-24-25-27-28-30-32-34-36-38-40-42-44-49(51)56-46-48(47-57-59(53,54)55-3)58-50(52)45-43-41-39-37-35-33-31-29-26-23-21-19-17-15-13-11-9-7-5-2/h6-9,12-15,18-21,24-26,29,33,35,48H,4-5,10-11,16-17,22-23,27-28,30-32,34,36-47H2,1-3H3,(H,53,54)/b8-6-,9-7-,14-12-,15-13-,20-18-,21-19-,25-24-,29-26-,35-33-. The molecule has 0 rings (SSSR count). The molecule has 0 saturated carbocycles. The van der Waals surface area contributed by atoms with E-state index in [1.54, 1.807) is 0 Å². The number of carbonyl (C=O) groups excluding carboxylic acids is 2. The number of unbranched alkanes of at least 4 members (excludes halogenated alkanes) is 11. The average molecular weight is 841 g/mol. The molecule has 334 valence electrons. The minimum atomic E-state index is -4.28. The zero-order valence-corrected chi connectivity index (χ0v) is 38.0. The second-order valence-corrected chi connectivity index (χ2v) is 16.0. The minimum absolute atomic E-state index is 0.197. The van der Waals surface area contributed by atoms with Crippen LogP contribution in [0.5, 0.6) is 0 Å². The quantitative estimate of drug-likeness (QED) is 0.0281. The van der Waals surface area contributed by atoms with Crippen molar-refractivity contribution in [3.8, 4) is 0 Å². The number of allylic oxidation sites excluding steroid dienone is 18. The predicted octanol–water partition coefficient (Wildman–Crippen LogP) is 14.6. The summed E-state index contributed by atoms with van der Waals surface area (Å²) >= 11 is 0. The molecular weight excluding hydrogens is 760 g/mol. The molecule has 1 N–H and O–H groups in total. The fourth-order valence-electron chi connectivity index (χ4n) is 5.62. The van der Waals surface area contributed by atoms with E-state index >= 15 is 0 Å². The van der Waals surface area contributed by atoms with Gasteiger partial charge in [0.1, 0.15) is 6.61 Å². The molecule has 8 nitrogen and oxygen atoms in total. The van der Waals surface area contributed by atoms with Crippen LogP contribution in [0.2, 0.25) is 0 Å². The third-order valence-electron chi connectivity index (χ3n) is 9.01. The highest BCUT2D eigenvalue weighted by Crippen LogP contribution is 2.42. The molecule has 0 aromatic heterocycles. The highest BCUT2D eigenvalue weighted by molar-refractivity contribution is 7.47. The Hall–Kier alpha value is -3.29. The first kappa shape index (κ1) is 55.7. The molecule has 9 heteroatoms. The summed E-state index contributed by atoms with van der Waals surface area (Å²) in [7, 11) is -3.23. The van der Waals surface area contributed by atoms with Crippen LogP contribution < -0.4 is 0 Å². The Bertz CT molecular complexity index is 1320. The molecule has 0 amide bonds. The van der Waals surface area contributed by atoms with Crippen molar-refractivity contribution in [1.29, 1.82) is 0 Å². The smallest absolute Gasteiger partial charge is 0.462 e. The molecule has 0 fully saturated rings. The summed E-state index contributed by atoms with van der Waals surface area (Å²) in [5, 5.41) is 0. The lowest BCUT2D eigenvalue weighted by Gasteiger charge is -2.19. The first-order valence-electron chi connectivity index (χ1n) is 22.6. The van der Waals surface area contributed by atoms with Crippen LogP contribution in [0.25, 0.3) is 0 Å². The highest BCUT2D eigenvalue weighted by atomic mass is 31.2. The monoisotopic (exact) mass is 841 g/mol. The van der Waals surface area contributed by atoms with Gasteiger partial charge in [-0.2, -0.15) is 0 Å². The maximum Gasteiger partial charge on any atom is 0.472 e. The minimum Gasteiger partial charge on any atom is -0.462 e. The molecule has 2 atom stereocenters. The van der Waals surface area contributed by atoms with Crippen LogP contribution in [0.3, 0.4) is 0 Å². The number of carbonyl (C=O) groups is 2. The molecule has 0 aliphatic heterocycles. The van der Waals surface area contributed by atoms with E-state index in [0.717, 1.165) is 116 Å². The van der Waals surface area contributed by atoms with E-state index in [2.05, 4.69) is 128 Å². The summed E-state index contributed by atoms with van der Waals surface area (Å²) in [4.78, 5) is 34.6. The maximum absolute atomic E-state index is 12.5. The molecule has 0 aliphatic carbocycles. The Labute approximate surface area is 360 Å². The summed E-state index contributed by atoms with van der Waals surface area (Å²) in [5.74, 6) is -0.861. The highest BCUT2D eigenvalue weighted by Gasteiger charge is 2.24. The van der Waals surface area contributed by atoms with Crippen LogP contribution in [-0.4, -0.2) is 43.3 Å². The van der Waals surface area contributed by atoms with E-state index in [9.17, 15) is 19.0 Å². The maximum atomic E-state index is 12.5. The van der Waals surface area contributed by atoms with Crippen LogP contribution >= 0.6 is 7.82 Å². The van der Waals surface area contributed by atoms with Crippen LogP contribution in [0, 0.1) is 0 Å². The van der Waals surface area contributed by atoms with Crippen LogP contribution in [0.4, 0.5) is 0 Å².